The SMILES string of the molecule is O=C(NC1CCCCCCC1)c1cccc(S)c1. The average Bonchev–Trinajstić information content (AvgIpc) is 2.32. The van der Waals surface area contributed by atoms with Gasteiger partial charge in [0.2, 0.25) is 0 Å². The maximum absolute atomic E-state index is 12.1. The second-order valence-electron chi connectivity index (χ2n) is 5.07. The lowest BCUT2D eigenvalue weighted by Gasteiger charge is -2.21. The fraction of sp³-hybridized carbons (Fsp3) is 0.533. The zero-order valence-corrected chi connectivity index (χ0v) is 11.6. The first kappa shape index (κ1) is 13.5. The lowest BCUT2D eigenvalue weighted by atomic mass is 9.96. The Hall–Kier alpha value is -0.960. The first-order valence-corrected chi connectivity index (χ1v) is 7.30. The molecular formula is C15H21NOS. The summed E-state index contributed by atoms with van der Waals surface area (Å²) in [5.41, 5.74) is 0.713. The Kier molecular flexibility index (Phi) is 5.12. The van der Waals surface area contributed by atoms with Crippen LogP contribution in [0.3, 0.4) is 0 Å². The molecule has 1 fully saturated rings. The fourth-order valence-corrected chi connectivity index (χ4v) is 2.74. The van der Waals surface area contributed by atoms with Gasteiger partial charge in [0.1, 0.15) is 0 Å². The van der Waals surface area contributed by atoms with Crippen molar-refractivity contribution in [3.63, 3.8) is 0 Å². The highest BCUT2D eigenvalue weighted by molar-refractivity contribution is 7.80. The van der Waals surface area contributed by atoms with E-state index in [1.165, 1.54) is 32.1 Å². The Morgan fingerprint density at radius 2 is 1.78 bits per heavy atom. The number of thiol groups is 1. The van der Waals surface area contributed by atoms with E-state index in [0.717, 1.165) is 17.7 Å². The van der Waals surface area contributed by atoms with Crippen molar-refractivity contribution >= 4 is 18.5 Å². The average molecular weight is 263 g/mol. The Bertz CT molecular complexity index is 397. The van der Waals surface area contributed by atoms with Gasteiger partial charge in [0.15, 0.2) is 0 Å². The Morgan fingerprint density at radius 1 is 1.11 bits per heavy atom. The van der Waals surface area contributed by atoms with Crippen molar-refractivity contribution < 1.29 is 4.79 Å². The van der Waals surface area contributed by atoms with E-state index < -0.39 is 0 Å². The molecule has 0 spiro atoms. The molecule has 98 valence electrons. The van der Waals surface area contributed by atoms with E-state index in [1.807, 2.05) is 24.3 Å². The van der Waals surface area contributed by atoms with Gasteiger partial charge < -0.3 is 5.32 Å². The maximum Gasteiger partial charge on any atom is 0.251 e. The zero-order valence-electron chi connectivity index (χ0n) is 10.7. The van der Waals surface area contributed by atoms with E-state index in [1.54, 1.807) is 0 Å². The van der Waals surface area contributed by atoms with Crippen LogP contribution >= 0.6 is 12.6 Å². The Balaban J connectivity index is 1.93. The van der Waals surface area contributed by atoms with Crippen LogP contribution in [0.4, 0.5) is 0 Å². The van der Waals surface area contributed by atoms with E-state index in [-0.39, 0.29) is 5.91 Å². The summed E-state index contributed by atoms with van der Waals surface area (Å²) < 4.78 is 0. The molecule has 18 heavy (non-hydrogen) atoms. The van der Waals surface area contributed by atoms with Crippen LogP contribution in [0.1, 0.15) is 55.3 Å². The standard InChI is InChI=1S/C15H21NOS/c17-15(12-7-6-10-14(18)11-12)16-13-8-4-2-1-3-5-9-13/h6-7,10-11,13,18H,1-5,8-9H2,(H,16,17). The number of hydrogen-bond acceptors (Lipinski definition) is 2. The third-order valence-electron chi connectivity index (χ3n) is 3.55. The van der Waals surface area contributed by atoms with Gasteiger partial charge in [-0.3, -0.25) is 4.79 Å². The third kappa shape index (κ3) is 4.05. The Labute approximate surface area is 115 Å². The lowest BCUT2D eigenvalue weighted by molar-refractivity contribution is 0.0930. The molecule has 1 amide bonds. The van der Waals surface area contributed by atoms with Gasteiger partial charge in [-0.1, -0.05) is 38.2 Å². The molecule has 0 heterocycles. The van der Waals surface area contributed by atoms with E-state index in [4.69, 9.17) is 0 Å². The number of nitrogens with one attached hydrogen (secondary N) is 1. The largest absolute Gasteiger partial charge is 0.349 e. The molecule has 0 saturated heterocycles. The molecule has 1 N–H and O–H groups in total. The third-order valence-corrected chi connectivity index (χ3v) is 3.83. The molecule has 0 bridgehead atoms. The zero-order chi connectivity index (χ0) is 12.8. The van der Waals surface area contributed by atoms with Crippen LogP contribution in [0.25, 0.3) is 0 Å². The van der Waals surface area contributed by atoms with Gasteiger partial charge in [0, 0.05) is 16.5 Å². The van der Waals surface area contributed by atoms with Gasteiger partial charge >= 0.3 is 0 Å². The van der Waals surface area contributed by atoms with Crippen LogP contribution in [0.5, 0.6) is 0 Å². The molecular weight excluding hydrogens is 242 g/mol. The van der Waals surface area contributed by atoms with Crippen LogP contribution in [-0.2, 0) is 0 Å². The van der Waals surface area contributed by atoms with E-state index in [9.17, 15) is 4.79 Å². The Morgan fingerprint density at radius 3 is 2.44 bits per heavy atom. The molecule has 0 atom stereocenters. The number of benzene rings is 1. The van der Waals surface area contributed by atoms with Gasteiger partial charge in [0.25, 0.3) is 5.91 Å². The molecule has 0 aromatic heterocycles. The van der Waals surface area contributed by atoms with Crippen molar-refractivity contribution in [3.05, 3.63) is 29.8 Å². The number of amides is 1. The van der Waals surface area contributed by atoms with Crippen LogP contribution in [0.2, 0.25) is 0 Å². The topological polar surface area (TPSA) is 29.1 Å². The van der Waals surface area contributed by atoms with Gasteiger partial charge in [-0.2, -0.15) is 0 Å². The van der Waals surface area contributed by atoms with Gasteiger partial charge in [-0.25, -0.2) is 0 Å². The maximum atomic E-state index is 12.1. The summed E-state index contributed by atoms with van der Waals surface area (Å²) in [6.45, 7) is 0. The molecule has 1 saturated carbocycles. The summed E-state index contributed by atoms with van der Waals surface area (Å²) in [5, 5.41) is 3.16. The van der Waals surface area contributed by atoms with Gasteiger partial charge in [-0.15, -0.1) is 12.6 Å². The first-order chi connectivity index (χ1) is 8.75. The van der Waals surface area contributed by atoms with Crippen molar-refractivity contribution in [1.29, 1.82) is 0 Å². The number of rotatable bonds is 2. The summed E-state index contributed by atoms with van der Waals surface area (Å²) in [4.78, 5) is 13.0. The summed E-state index contributed by atoms with van der Waals surface area (Å²) in [7, 11) is 0. The molecule has 0 radical (unpaired) electrons. The van der Waals surface area contributed by atoms with Crippen molar-refractivity contribution in [2.75, 3.05) is 0 Å². The molecule has 1 aromatic rings. The number of carbonyl (C=O) groups excluding carboxylic acids is 1. The highest BCUT2D eigenvalue weighted by atomic mass is 32.1. The highest BCUT2D eigenvalue weighted by Crippen LogP contribution is 2.18. The van der Waals surface area contributed by atoms with E-state index in [2.05, 4.69) is 17.9 Å². The molecule has 1 aliphatic carbocycles. The summed E-state index contributed by atoms with van der Waals surface area (Å²) in [5.74, 6) is 0.0384. The molecule has 0 unspecified atom stereocenters. The van der Waals surface area contributed by atoms with E-state index >= 15 is 0 Å². The molecule has 1 aliphatic rings. The van der Waals surface area contributed by atoms with Crippen molar-refractivity contribution in [1.82, 2.24) is 5.32 Å². The quantitative estimate of drug-likeness (QED) is 0.780. The minimum atomic E-state index is 0.0384. The molecule has 0 aliphatic heterocycles. The van der Waals surface area contributed by atoms with Gasteiger partial charge in [-0.05, 0) is 31.0 Å². The second-order valence-corrected chi connectivity index (χ2v) is 5.58. The minimum absolute atomic E-state index is 0.0384. The normalized spacial score (nSPS) is 17.8. The van der Waals surface area contributed by atoms with Crippen molar-refractivity contribution in [2.24, 2.45) is 0 Å². The smallest absolute Gasteiger partial charge is 0.251 e. The van der Waals surface area contributed by atoms with E-state index in [0.29, 0.717) is 11.6 Å². The highest BCUT2D eigenvalue weighted by Gasteiger charge is 2.14. The second kappa shape index (κ2) is 6.83. The lowest BCUT2D eigenvalue weighted by Crippen LogP contribution is -2.35. The van der Waals surface area contributed by atoms with Crippen LogP contribution in [0, 0.1) is 0 Å². The monoisotopic (exact) mass is 263 g/mol. The van der Waals surface area contributed by atoms with Crippen molar-refractivity contribution in [3.8, 4) is 0 Å². The molecule has 2 nitrogen and oxygen atoms in total. The summed E-state index contributed by atoms with van der Waals surface area (Å²) >= 11 is 4.27. The number of carbonyl (C=O) groups is 1. The minimum Gasteiger partial charge on any atom is -0.349 e. The van der Waals surface area contributed by atoms with Gasteiger partial charge in [0.05, 0.1) is 0 Å². The molecule has 3 heteroatoms. The molecule has 1 aromatic carbocycles. The predicted octanol–water partition coefficient (Wildman–Crippen LogP) is 3.82. The van der Waals surface area contributed by atoms with Crippen molar-refractivity contribution in [2.45, 2.75) is 55.9 Å². The fourth-order valence-electron chi connectivity index (χ4n) is 2.52. The first-order valence-electron chi connectivity index (χ1n) is 6.85. The summed E-state index contributed by atoms with van der Waals surface area (Å²) in [6, 6.07) is 7.77. The van der Waals surface area contributed by atoms with Crippen LogP contribution < -0.4 is 5.32 Å². The molecule has 2 rings (SSSR count). The van der Waals surface area contributed by atoms with Crippen LogP contribution in [-0.4, -0.2) is 11.9 Å². The predicted molar refractivity (Wildman–Crippen MR) is 77.3 cm³/mol. The summed E-state index contributed by atoms with van der Waals surface area (Å²) in [6.07, 6.45) is 8.66. The van der Waals surface area contributed by atoms with Crippen LogP contribution in [0.15, 0.2) is 29.2 Å². The number of hydrogen-bond donors (Lipinski definition) is 2.